The number of carbonyl (C=O) groups excluding carboxylic acids is 1. The van der Waals surface area contributed by atoms with Crippen molar-refractivity contribution in [3.63, 3.8) is 0 Å². The van der Waals surface area contributed by atoms with Crippen LogP contribution in [0.25, 0.3) is 0 Å². The van der Waals surface area contributed by atoms with Crippen molar-refractivity contribution in [1.82, 2.24) is 0 Å². The van der Waals surface area contributed by atoms with E-state index in [-0.39, 0.29) is 22.7 Å². The molecule has 0 N–H and O–H groups in total. The van der Waals surface area contributed by atoms with Gasteiger partial charge in [-0.2, -0.15) is 8.42 Å². The van der Waals surface area contributed by atoms with Crippen LogP contribution in [-0.2, 0) is 29.7 Å². The molecule has 4 nitrogen and oxygen atoms in total. The van der Waals surface area contributed by atoms with Gasteiger partial charge < -0.3 is 0 Å². The summed E-state index contributed by atoms with van der Waals surface area (Å²) in [7, 11) is -3.51. The first kappa shape index (κ1) is 21.9. The quantitative estimate of drug-likeness (QED) is 0.395. The molecule has 0 heterocycles. The first-order valence-electron chi connectivity index (χ1n) is 8.12. The molecular formula is C16H33O4S2+. The summed E-state index contributed by atoms with van der Waals surface area (Å²) in [6.07, 6.45) is 7.69. The number of rotatable bonds is 12. The van der Waals surface area contributed by atoms with Gasteiger partial charge in [0, 0.05) is 6.42 Å². The molecule has 0 aliphatic rings. The van der Waals surface area contributed by atoms with Crippen LogP contribution in [0.15, 0.2) is 0 Å². The molecule has 1 atom stereocenters. The van der Waals surface area contributed by atoms with Crippen LogP contribution in [0, 0.1) is 5.41 Å². The summed E-state index contributed by atoms with van der Waals surface area (Å²) >= 11 is -0.835. The van der Waals surface area contributed by atoms with E-state index in [2.05, 4.69) is 27.7 Å². The lowest BCUT2D eigenvalue weighted by atomic mass is 9.90. The number of hydrogen-bond donors (Lipinski definition) is 0. The van der Waals surface area contributed by atoms with Crippen LogP contribution >= 0.6 is 0 Å². The molecular weight excluding hydrogens is 320 g/mol. The van der Waals surface area contributed by atoms with Gasteiger partial charge in [0.2, 0.25) is 0 Å². The van der Waals surface area contributed by atoms with Crippen molar-refractivity contribution in [3.8, 4) is 0 Å². The Kier molecular flexibility index (Phi) is 10.6. The molecule has 0 bridgehead atoms. The smallest absolute Gasteiger partial charge is 0.294 e. The minimum atomic E-state index is -3.51. The van der Waals surface area contributed by atoms with Crippen molar-refractivity contribution in [2.45, 2.75) is 72.6 Å². The molecule has 0 aliphatic carbocycles. The van der Waals surface area contributed by atoms with Gasteiger partial charge >= 0.3 is 10.1 Å². The lowest BCUT2D eigenvalue weighted by Gasteiger charge is -2.17. The molecule has 132 valence electrons. The van der Waals surface area contributed by atoms with Crippen LogP contribution in [0.2, 0.25) is 0 Å². The van der Waals surface area contributed by atoms with E-state index in [1.54, 1.807) is 6.26 Å². The second-order valence-corrected chi connectivity index (χ2v) is 10.6. The Morgan fingerprint density at radius 2 is 1.73 bits per heavy atom. The van der Waals surface area contributed by atoms with Crippen LogP contribution in [0.3, 0.4) is 0 Å². The van der Waals surface area contributed by atoms with E-state index >= 15 is 0 Å². The van der Waals surface area contributed by atoms with E-state index < -0.39 is 21.3 Å². The van der Waals surface area contributed by atoms with Crippen molar-refractivity contribution >= 4 is 27.1 Å². The minimum Gasteiger partial charge on any atom is -0.294 e. The van der Waals surface area contributed by atoms with Crippen LogP contribution < -0.4 is 0 Å². The third kappa shape index (κ3) is 13.6. The van der Waals surface area contributed by atoms with Gasteiger partial charge in [0.25, 0.3) is 0 Å². The highest BCUT2D eigenvalue weighted by molar-refractivity contribution is 8.02. The maximum absolute atomic E-state index is 11.9. The van der Waals surface area contributed by atoms with Gasteiger partial charge in [-0.1, -0.05) is 47.0 Å². The second-order valence-electron chi connectivity index (χ2n) is 7.06. The first-order valence-corrected chi connectivity index (χ1v) is 11.4. The molecule has 22 heavy (non-hydrogen) atoms. The van der Waals surface area contributed by atoms with E-state index in [1.165, 1.54) is 0 Å². The Balaban J connectivity index is 4.00. The van der Waals surface area contributed by atoms with Gasteiger partial charge in [0.05, 0.1) is 5.75 Å². The summed E-state index contributed by atoms with van der Waals surface area (Å²) in [4.78, 5) is 11.7. The maximum atomic E-state index is 11.9. The molecule has 0 aromatic rings. The predicted molar refractivity (Wildman–Crippen MR) is 95.5 cm³/mol. The topological polar surface area (TPSA) is 60.4 Å². The monoisotopic (exact) mass is 353 g/mol. The predicted octanol–water partition coefficient (Wildman–Crippen LogP) is 3.86. The molecule has 0 aromatic heterocycles. The lowest BCUT2D eigenvalue weighted by Crippen LogP contribution is -2.22. The molecule has 0 spiro atoms. The molecule has 0 saturated carbocycles. The number of hydrogen-bond acceptors (Lipinski definition) is 4. The summed E-state index contributed by atoms with van der Waals surface area (Å²) in [5, 5.41) is 0. The zero-order chi connectivity index (χ0) is 17.2. The Labute approximate surface area is 140 Å². The highest BCUT2D eigenvalue weighted by Crippen LogP contribution is 2.22. The fourth-order valence-electron chi connectivity index (χ4n) is 2.04. The molecule has 0 aliphatic heterocycles. The fourth-order valence-corrected chi connectivity index (χ4v) is 5.08. The average molecular weight is 354 g/mol. The minimum absolute atomic E-state index is 0.0461. The largest absolute Gasteiger partial charge is 0.311 e. The van der Waals surface area contributed by atoms with E-state index in [4.69, 9.17) is 3.63 Å². The van der Waals surface area contributed by atoms with E-state index in [9.17, 15) is 13.2 Å². The van der Waals surface area contributed by atoms with Gasteiger partial charge in [-0.05, 0) is 28.3 Å². The molecule has 0 amide bonds. The van der Waals surface area contributed by atoms with Crippen LogP contribution in [0.1, 0.15) is 72.6 Å². The molecule has 0 saturated heterocycles. The molecule has 0 radical (unpaired) electrons. The average Bonchev–Trinajstić information content (AvgIpc) is 2.33. The molecule has 0 aromatic carbocycles. The molecule has 0 rings (SSSR count). The summed E-state index contributed by atoms with van der Waals surface area (Å²) in [6.45, 7) is 8.52. The van der Waals surface area contributed by atoms with Crippen LogP contribution in [-0.4, -0.2) is 32.0 Å². The van der Waals surface area contributed by atoms with Crippen molar-refractivity contribution in [2.75, 3.05) is 17.8 Å². The Bertz CT molecular complexity index is 410. The normalized spacial score (nSPS) is 14.0. The SMILES string of the molecule is CCCCCC(=O)C[S+](C)OS(=O)(=O)CCCCC(C)(C)C. The zero-order valence-electron chi connectivity index (χ0n) is 14.8. The Hall–Kier alpha value is -0.0700. The fraction of sp³-hybridized carbons (Fsp3) is 0.938. The molecule has 0 fully saturated rings. The van der Waals surface area contributed by atoms with Crippen LogP contribution in [0.4, 0.5) is 0 Å². The number of Topliss-reactive ketones (excluding diaryl/α,β-unsaturated/α-hetero) is 1. The number of carbonyl (C=O) groups is 1. The number of unbranched alkanes of at least 4 members (excludes halogenated alkanes) is 3. The second kappa shape index (κ2) is 10.7. The Morgan fingerprint density at radius 3 is 2.27 bits per heavy atom. The third-order valence-corrected chi connectivity index (χ3v) is 6.49. The first-order chi connectivity index (χ1) is 10.1. The van der Waals surface area contributed by atoms with Crippen molar-refractivity contribution in [1.29, 1.82) is 0 Å². The molecule has 6 heteroatoms. The van der Waals surface area contributed by atoms with E-state index in [0.29, 0.717) is 12.8 Å². The summed E-state index contributed by atoms with van der Waals surface area (Å²) in [5.74, 6) is 0.359. The molecule has 1 unspecified atom stereocenters. The maximum Gasteiger partial charge on any atom is 0.311 e. The Morgan fingerprint density at radius 1 is 1.09 bits per heavy atom. The van der Waals surface area contributed by atoms with Crippen molar-refractivity contribution < 1.29 is 16.8 Å². The van der Waals surface area contributed by atoms with Crippen molar-refractivity contribution in [2.24, 2.45) is 5.41 Å². The van der Waals surface area contributed by atoms with E-state index in [0.717, 1.165) is 32.1 Å². The zero-order valence-corrected chi connectivity index (χ0v) is 16.4. The summed E-state index contributed by atoms with van der Waals surface area (Å²) < 4.78 is 28.9. The van der Waals surface area contributed by atoms with Gasteiger partial charge in [-0.25, -0.2) is 0 Å². The highest BCUT2D eigenvalue weighted by Gasteiger charge is 2.27. The van der Waals surface area contributed by atoms with Crippen LogP contribution in [0.5, 0.6) is 0 Å². The summed E-state index contributed by atoms with van der Waals surface area (Å²) in [6, 6.07) is 0. The standard InChI is InChI=1S/C16H33O4S2/c1-6-7-8-11-15(17)14-21(5)20-22(18,19)13-10-9-12-16(2,3)4/h6-14H2,1-5H3/q+1. The third-order valence-electron chi connectivity index (χ3n) is 3.21. The summed E-state index contributed by atoms with van der Waals surface area (Å²) in [5.41, 5.74) is 0.227. The van der Waals surface area contributed by atoms with Gasteiger partial charge in [0.15, 0.2) is 22.7 Å². The van der Waals surface area contributed by atoms with Gasteiger partial charge in [-0.3, -0.25) is 4.79 Å². The van der Waals surface area contributed by atoms with E-state index in [1.807, 2.05) is 0 Å². The van der Waals surface area contributed by atoms with Gasteiger partial charge in [-0.15, -0.1) is 0 Å². The van der Waals surface area contributed by atoms with Gasteiger partial charge in [0.1, 0.15) is 6.26 Å². The highest BCUT2D eigenvalue weighted by atomic mass is 32.3. The number of ketones is 1. The van der Waals surface area contributed by atoms with Crippen molar-refractivity contribution in [3.05, 3.63) is 0 Å². The lowest BCUT2D eigenvalue weighted by molar-refractivity contribution is -0.116.